The molecule has 0 aromatic carbocycles. The van der Waals surface area contributed by atoms with E-state index in [1.165, 1.54) is 4.90 Å². The van der Waals surface area contributed by atoms with E-state index in [-0.39, 0.29) is 5.91 Å². The Kier molecular flexibility index (Phi) is 2.71. The zero-order valence-corrected chi connectivity index (χ0v) is 6.97. The van der Waals surface area contributed by atoms with Crippen LogP contribution in [-0.4, -0.2) is 46.5 Å². The van der Waals surface area contributed by atoms with Crippen molar-refractivity contribution in [2.45, 2.75) is 25.3 Å². The molecular formula is C6H13BN2O3. The number of carbonyl (C=O) groups excluding carboxylic acids is 1. The van der Waals surface area contributed by atoms with Crippen LogP contribution < -0.4 is 5.73 Å². The molecule has 0 bridgehead atoms. The van der Waals surface area contributed by atoms with Crippen LogP contribution in [0.25, 0.3) is 0 Å². The summed E-state index contributed by atoms with van der Waals surface area (Å²) in [4.78, 5) is 12.6. The number of hydrogen-bond acceptors (Lipinski definition) is 4. The van der Waals surface area contributed by atoms with Crippen LogP contribution in [0.1, 0.15) is 13.3 Å². The fourth-order valence-corrected chi connectivity index (χ4v) is 1.29. The first-order chi connectivity index (χ1) is 5.54. The van der Waals surface area contributed by atoms with Crippen LogP contribution in [0.3, 0.4) is 0 Å². The van der Waals surface area contributed by atoms with Crippen LogP contribution in [-0.2, 0) is 4.79 Å². The summed E-state index contributed by atoms with van der Waals surface area (Å²) in [5, 5.41) is 17.6. The van der Waals surface area contributed by atoms with Gasteiger partial charge in [-0.05, 0) is 13.3 Å². The van der Waals surface area contributed by atoms with Crippen LogP contribution in [0.15, 0.2) is 0 Å². The summed E-state index contributed by atoms with van der Waals surface area (Å²) in [6, 6.07) is -0.466. The minimum absolute atomic E-state index is 0.199. The zero-order valence-electron chi connectivity index (χ0n) is 6.97. The lowest BCUT2D eigenvalue weighted by Crippen LogP contribution is -2.47. The van der Waals surface area contributed by atoms with E-state index in [0.29, 0.717) is 13.0 Å². The van der Waals surface area contributed by atoms with Crippen molar-refractivity contribution in [1.82, 2.24) is 4.90 Å². The van der Waals surface area contributed by atoms with Gasteiger partial charge in [0.05, 0.1) is 12.0 Å². The number of likely N-dealkylation sites (tertiary alicyclic amines) is 1. The Bertz CT molecular complexity index is 188. The SMILES string of the molecule is C[C@@H](B(O)O)N1CCC(N)C1=O. The highest BCUT2D eigenvalue weighted by Gasteiger charge is 2.36. The van der Waals surface area contributed by atoms with Gasteiger partial charge in [0.2, 0.25) is 5.91 Å². The summed E-state index contributed by atoms with van der Waals surface area (Å²) >= 11 is 0. The molecule has 0 spiro atoms. The lowest BCUT2D eigenvalue weighted by atomic mass is 9.80. The van der Waals surface area contributed by atoms with Crippen molar-refractivity contribution in [1.29, 1.82) is 0 Å². The van der Waals surface area contributed by atoms with Crippen molar-refractivity contribution >= 4 is 13.0 Å². The van der Waals surface area contributed by atoms with E-state index < -0.39 is 19.1 Å². The smallest absolute Gasteiger partial charge is 0.426 e. The molecule has 0 radical (unpaired) electrons. The fourth-order valence-electron chi connectivity index (χ4n) is 1.29. The number of rotatable bonds is 2. The Morgan fingerprint density at radius 1 is 1.75 bits per heavy atom. The summed E-state index contributed by atoms with van der Waals surface area (Å²) < 4.78 is 0. The second-order valence-electron chi connectivity index (χ2n) is 3.08. The minimum atomic E-state index is -1.49. The van der Waals surface area contributed by atoms with E-state index in [0.717, 1.165) is 0 Å². The largest absolute Gasteiger partial charge is 0.475 e. The molecule has 6 heteroatoms. The number of nitrogens with zero attached hydrogens (tertiary/aromatic N) is 1. The van der Waals surface area contributed by atoms with E-state index in [9.17, 15) is 4.79 Å². The number of carbonyl (C=O) groups is 1. The highest BCUT2D eigenvalue weighted by atomic mass is 16.4. The maximum Gasteiger partial charge on any atom is 0.475 e. The van der Waals surface area contributed by atoms with Crippen molar-refractivity contribution in [2.75, 3.05) is 6.54 Å². The van der Waals surface area contributed by atoms with Gasteiger partial charge in [-0.2, -0.15) is 0 Å². The molecule has 2 atom stereocenters. The van der Waals surface area contributed by atoms with Crippen molar-refractivity contribution < 1.29 is 14.8 Å². The summed E-state index contributed by atoms with van der Waals surface area (Å²) in [7, 11) is -1.49. The van der Waals surface area contributed by atoms with Gasteiger partial charge in [0.25, 0.3) is 0 Å². The Labute approximate surface area is 71.3 Å². The third kappa shape index (κ3) is 1.60. The van der Waals surface area contributed by atoms with Gasteiger partial charge in [-0.3, -0.25) is 4.79 Å². The molecule has 0 aromatic heterocycles. The summed E-state index contributed by atoms with van der Waals surface area (Å²) in [6.45, 7) is 2.10. The highest BCUT2D eigenvalue weighted by molar-refractivity contribution is 6.43. The average molecular weight is 172 g/mol. The molecule has 1 amide bonds. The topological polar surface area (TPSA) is 86.8 Å². The summed E-state index contributed by atoms with van der Waals surface area (Å²) in [5.41, 5.74) is 5.45. The lowest BCUT2D eigenvalue weighted by Gasteiger charge is -2.23. The Morgan fingerprint density at radius 3 is 2.67 bits per heavy atom. The van der Waals surface area contributed by atoms with Gasteiger partial charge >= 0.3 is 7.12 Å². The first-order valence-electron chi connectivity index (χ1n) is 3.96. The second-order valence-corrected chi connectivity index (χ2v) is 3.08. The molecule has 1 unspecified atom stereocenters. The molecule has 1 aliphatic heterocycles. The van der Waals surface area contributed by atoms with Crippen LogP contribution >= 0.6 is 0 Å². The maximum absolute atomic E-state index is 11.2. The fraction of sp³-hybridized carbons (Fsp3) is 0.833. The highest BCUT2D eigenvalue weighted by Crippen LogP contribution is 2.13. The number of hydrogen-bond donors (Lipinski definition) is 3. The molecular weight excluding hydrogens is 159 g/mol. The first kappa shape index (κ1) is 9.50. The van der Waals surface area contributed by atoms with Crippen molar-refractivity contribution in [3.05, 3.63) is 0 Å². The quantitative estimate of drug-likeness (QED) is 0.418. The molecule has 0 aliphatic carbocycles. The minimum Gasteiger partial charge on any atom is -0.426 e. The molecule has 4 N–H and O–H groups in total. The van der Waals surface area contributed by atoms with E-state index >= 15 is 0 Å². The Balaban J connectivity index is 2.59. The van der Waals surface area contributed by atoms with Crippen LogP contribution in [0, 0.1) is 0 Å². The first-order valence-corrected chi connectivity index (χ1v) is 3.96. The average Bonchev–Trinajstić information content (AvgIpc) is 2.32. The van der Waals surface area contributed by atoms with Crippen LogP contribution in [0.2, 0.25) is 0 Å². The van der Waals surface area contributed by atoms with Gasteiger partial charge in [0, 0.05) is 6.54 Å². The molecule has 0 aromatic rings. The molecule has 0 saturated carbocycles. The lowest BCUT2D eigenvalue weighted by molar-refractivity contribution is -0.129. The van der Waals surface area contributed by atoms with Gasteiger partial charge in [-0.25, -0.2) is 0 Å². The van der Waals surface area contributed by atoms with Crippen LogP contribution in [0.5, 0.6) is 0 Å². The third-order valence-corrected chi connectivity index (χ3v) is 2.20. The molecule has 1 heterocycles. The third-order valence-electron chi connectivity index (χ3n) is 2.20. The number of amides is 1. The molecule has 12 heavy (non-hydrogen) atoms. The van der Waals surface area contributed by atoms with Crippen molar-refractivity contribution in [3.8, 4) is 0 Å². The molecule has 1 saturated heterocycles. The Morgan fingerprint density at radius 2 is 2.33 bits per heavy atom. The van der Waals surface area contributed by atoms with E-state index in [2.05, 4.69) is 0 Å². The van der Waals surface area contributed by atoms with Gasteiger partial charge in [-0.1, -0.05) is 0 Å². The second kappa shape index (κ2) is 3.43. The van der Waals surface area contributed by atoms with Gasteiger partial charge in [0.1, 0.15) is 0 Å². The monoisotopic (exact) mass is 172 g/mol. The molecule has 1 aliphatic rings. The van der Waals surface area contributed by atoms with Gasteiger partial charge in [-0.15, -0.1) is 0 Å². The Hall–Kier alpha value is -0.585. The molecule has 5 nitrogen and oxygen atoms in total. The van der Waals surface area contributed by atoms with Crippen LogP contribution in [0.4, 0.5) is 0 Å². The zero-order chi connectivity index (χ0) is 9.30. The van der Waals surface area contributed by atoms with E-state index in [1.54, 1.807) is 6.92 Å². The summed E-state index contributed by atoms with van der Waals surface area (Å²) in [5.74, 6) is -0.762. The van der Waals surface area contributed by atoms with Crippen molar-refractivity contribution in [2.24, 2.45) is 5.73 Å². The van der Waals surface area contributed by atoms with Gasteiger partial charge < -0.3 is 20.7 Å². The maximum atomic E-state index is 11.2. The summed E-state index contributed by atoms with van der Waals surface area (Å²) in [6.07, 6.45) is 0.593. The van der Waals surface area contributed by atoms with Gasteiger partial charge in [0.15, 0.2) is 0 Å². The predicted molar refractivity (Wildman–Crippen MR) is 44.0 cm³/mol. The molecule has 1 rings (SSSR count). The number of nitrogens with two attached hydrogens (primary N) is 1. The van der Waals surface area contributed by atoms with E-state index in [4.69, 9.17) is 15.8 Å². The van der Waals surface area contributed by atoms with E-state index in [1.807, 2.05) is 0 Å². The molecule has 1 fully saturated rings. The normalized spacial score (nSPS) is 26.2. The molecule has 68 valence electrons. The standard InChI is InChI=1S/C6H13BN2O3/c1-4(7(11)12)9-3-2-5(8)6(9)10/h4-5,11-12H,2-3,8H2,1H3/t4-,5?/m0/s1. The predicted octanol–water partition coefficient (Wildman–Crippen LogP) is -2.05. The van der Waals surface area contributed by atoms with Crippen molar-refractivity contribution in [3.63, 3.8) is 0 Å².